The zero-order valence-corrected chi connectivity index (χ0v) is 10.6. The largest absolute Gasteiger partial charge is 0.346 e. The summed E-state index contributed by atoms with van der Waals surface area (Å²) in [7, 11) is 1.93. The van der Waals surface area contributed by atoms with Gasteiger partial charge < -0.3 is 14.5 Å². The Hall–Kier alpha value is -1.85. The van der Waals surface area contributed by atoms with Gasteiger partial charge >= 0.3 is 0 Å². The maximum atomic E-state index is 4.31. The monoisotopic (exact) mass is 234 g/mol. The summed E-state index contributed by atoms with van der Waals surface area (Å²) in [6, 6.07) is 0.453. The van der Waals surface area contributed by atoms with Crippen molar-refractivity contribution in [3.63, 3.8) is 0 Å². The molecule has 17 heavy (non-hydrogen) atoms. The number of hydrogen-bond donors (Lipinski definition) is 1. The fraction of sp³-hybridized carbons (Fsp3) is 0.545. The summed E-state index contributed by atoms with van der Waals surface area (Å²) in [5.74, 6) is 1.75. The van der Waals surface area contributed by atoms with Crippen LogP contribution in [-0.2, 0) is 7.05 Å². The van der Waals surface area contributed by atoms with Crippen LogP contribution in [0.2, 0.25) is 0 Å². The summed E-state index contributed by atoms with van der Waals surface area (Å²) in [5, 5.41) is 11.3. The van der Waals surface area contributed by atoms with Crippen LogP contribution in [0, 0.1) is 0 Å². The van der Waals surface area contributed by atoms with Gasteiger partial charge in [0.15, 0.2) is 5.82 Å². The van der Waals surface area contributed by atoms with Crippen LogP contribution in [0.25, 0.3) is 0 Å². The van der Waals surface area contributed by atoms with Gasteiger partial charge in [-0.3, -0.25) is 0 Å². The lowest BCUT2D eigenvalue weighted by Crippen LogP contribution is -2.15. The van der Waals surface area contributed by atoms with Crippen LogP contribution in [0.3, 0.4) is 0 Å². The fourth-order valence-electron chi connectivity index (χ4n) is 1.78. The van der Waals surface area contributed by atoms with E-state index in [-0.39, 0.29) is 6.04 Å². The maximum Gasteiger partial charge on any atom is 0.203 e. The third-order valence-corrected chi connectivity index (χ3v) is 2.70. The lowest BCUT2D eigenvalue weighted by atomic mass is 10.3. The number of nitrogens with zero attached hydrogens (tertiary/aromatic N) is 5. The van der Waals surface area contributed by atoms with E-state index in [1.165, 1.54) is 0 Å². The summed E-state index contributed by atoms with van der Waals surface area (Å²) >= 11 is 0. The van der Waals surface area contributed by atoms with Crippen molar-refractivity contribution in [1.29, 1.82) is 0 Å². The van der Waals surface area contributed by atoms with Gasteiger partial charge in [-0.05, 0) is 20.8 Å². The first-order valence-electron chi connectivity index (χ1n) is 5.73. The van der Waals surface area contributed by atoms with Crippen LogP contribution in [0.1, 0.15) is 38.7 Å². The number of nitrogens with one attached hydrogen (secondary N) is 1. The Labute approximate surface area is 101 Å². The van der Waals surface area contributed by atoms with Crippen LogP contribution in [-0.4, -0.2) is 24.3 Å². The maximum absolute atomic E-state index is 4.31. The summed E-state index contributed by atoms with van der Waals surface area (Å²) < 4.78 is 3.99. The summed E-state index contributed by atoms with van der Waals surface area (Å²) in [6.07, 6.45) is 5.46. The first-order chi connectivity index (χ1) is 8.09. The summed E-state index contributed by atoms with van der Waals surface area (Å²) in [5.41, 5.74) is 0. The van der Waals surface area contributed by atoms with Crippen LogP contribution >= 0.6 is 0 Å². The molecule has 0 bridgehead atoms. The predicted octanol–water partition coefficient (Wildman–Crippen LogP) is 1.77. The molecule has 1 unspecified atom stereocenters. The van der Waals surface area contributed by atoms with Crippen molar-refractivity contribution in [3.8, 4) is 0 Å². The highest BCUT2D eigenvalue weighted by atomic mass is 15.3. The fourth-order valence-corrected chi connectivity index (χ4v) is 1.78. The molecule has 2 aromatic rings. The third kappa shape index (κ3) is 2.30. The Morgan fingerprint density at radius 3 is 2.65 bits per heavy atom. The Morgan fingerprint density at radius 2 is 2.06 bits per heavy atom. The molecule has 1 N–H and O–H groups in total. The summed E-state index contributed by atoms with van der Waals surface area (Å²) in [6.45, 7) is 6.29. The Balaban J connectivity index is 2.16. The van der Waals surface area contributed by atoms with Gasteiger partial charge in [-0.15, -0.1) is 10.2 Å². The normalized spacial score (nSPS) is 13.0. The zero-order chi connectivity index (χ0) is 12.4. The van der Waals surface area contributed by atoms with E-state index in [2.05, 4.69) is 38.9 Å². The van der Waals surface area contributed by atoms with Crippen LogP contribution in [0.5, 0.6) is 0 Å². The molecule has 0 saturated heterocycles. The second kappa shape index (κ2) is 4.57. The van der Waals surface area contributed by atoms with E-state index in [4.69, 9.17) is 0 Å². The molecule has 6 nitrogen and oxygen atoms in total. The summed E-state index contributed by atoms with van der Waals surface area (Å²) in [4.78, 5) is 4.31. The Morgan fingerprint density at radius 1 is 1.29 bits per heavy atom. The molecule has 2 heterocycles. The second-order valence-electron chi connectivity index (χ2n) is 4.42. The molecule has 92 valence electrons. The molecule has 0 saturated carbocycles. The minimum atomic E-state index is 0.0717. The Bertz CT molecular complexity index is 484. The molecule has 0 radical (unpaired) electrons. The topological polar surface area (TPSA) is 60.6 Å². The first-order valence-corrected chi connectivity index (χ1v) is 5.73. The molecule has 2 rings (SSSR count). The van der Waals surface area contributed by atoms with Crippen molar-refractivity contribution >= 4 is 5.95 Å². The van der Waals surface area contributed by atoms with Gasteiger partial charge in [0.05, 0.1) is 6.04 Å². The van der Waals surface area contributed by atoms with Gasteiger partial charge in [-0.1, -0.05) is 0 Å². The predicted molar refractivity (Wildman–Crippen MR) is 65.7 cm³/mol. The van der Waals surface area contributed by atoms with Gasteiger partial charge in [0.25, 0.3) is 0 Å². The van der Waals surface area contributed by atoms with E-state index < -0.39 is 0 Å². The quantitative estimate of drug-likeness (QED) is 0.875. The van der Waals surface area contributed by atoms with E-state index in [1.54, 1.807) is 12.5 Å². The zero-order valence-electron chi connectivity index (χ0n) is 10.6. The SMILES string of the molecule is CC(Nc1nccn1C(C)C)c1nncn1C. The van der Waals surface area contributed by atoms with Gasteiger partial charge in [-0.25, -0.2) is 4.98 Å². The first kappa shape index (κ1) is 11.6. The van der Waals surface area contributed by atoms with Crippen LogP contribution < -0.4 is 5.32 Å². The Kier molecular flexibility index (Phi) is 3.12. The molecule has 0 aliphatic rings. The van der Waals surface area contributed by atoms with Gasteiger partial charge in [0.1, 0.15) is 6.33 Å². The van der Waals surface area contributed by atoms with Crippen molar-refractivity contribution < 1.29 is 0 Å². The second-order valence-corrected chi connectivity index (χ2v) is 4.42. The molecule has 6 heteroatoms. The molecule has 0 aliphatic carbocycles. The van der Waals surface area contributed by atoms with E-state index in [0.29, 0.717) is 6.04 Å². The molecule has 1 atom stereocenters. The van der Waals surface area contributed by atoms with Crippen molar-refractivity contribution in [2.45, 2.75) is 32.9 Å². The number of aryl methyl sites for hydroxylation is 1. The van der Waals surface area contributed by atoms with Gasteiger partial charge in [-0.2, -0.15) is 0 Å². The average Bonchev–Trinajstić information content (AvgIpc) is 2.86. The van der Waals surface area contributed by atoms with Crippen LogP contribution in [0.15, 0.2) is 18.7 Å². The number of aromatic nitrogens is 5. The van der Waals surface area contributed by atoms with Gasteiger partial charge in [0.2, 0.25) is 5.95 Å². The van der Waals surface area contributed by atoms with Crippen molar-refractivity contribution in [3.05, 3.63) is 24.5 Å². The highest BCUT2D eigenvalue weighted by molar-refractivity contribution is 5.29. The number of anilines is 1. The smallest absolute Gasteiger partial charge is 0.203 e. The number of hydrogen-bond acceptors (Lipinski definition) is 4. The molecule has 0 aliphatic heterocycles. The minimum Gasteiger partial charge on any atom is -0.346 e. The molecule has 0 spiro atoms. The third-order valence-electron chi connectivity index (χ3n) is 2.70. The standard InChI is InChI=1S/C11H18N6/c1-8(2)17-6-5-12-11(17)14-9(3)10-15-13-7-16(10)4/h5-9H,1-4H3,(H,12,14). The lowest BCUT2D eigenvalue weighted by molar-refractivity contribution is 0.596. The number of imidazole rings is 1. The van der Waals surface area contributed by atoms with Gasteiger partial charge in [0, 0.05) is 25.5 Å². The molecule has 0 fully saturated rings. The van der Waals surface area contributed by atoms with Crippen molar-refractivity contribution in [2.24, 2.45) is 7.05 Å². The highest BCUT2D eigenvalue weighted by Crippen LogP contribution is 2.18. The van der Waals surface area contributed by atoms with E-state index in [0.717, 1.165) is 11.8 Å². The van der Waals surface area contributed by atoms with Crippen molar-refractivity contribution in [1.82, 2.24) is 24.3 Å². The van der Waals surface area contributed by atoms with E-state index in [1.807, 2.05) is 24.7 Å². The van der Waals surface area contributed by atoms with E-state index >= 15 is 0 Å². The van der Waals surface area contributed by atoms with Crippen molar-refractivity contribution in [2.75, 3.05) is 5.32 Å². The highest BCUT2D eigenvalue weighted by Gasteiger charge is 2.14. The lowest BCUT2D eigenvalue weighted by Gasteiger charge is -2.17. The van der Waals surface area contributed by atoms with E-state index in [9.17, 15) is 0 Å². The minimum absolute atomic E-state index is 0.0717. The molecular weight excluding hydrogens is 216 g/mol. The molecular formula is C11H18N6. The van der Waals surface area contributed by atoms with Crippen LogP contribution in [0.4, 0.5) is 5.95 Å². The molecule has 0 aromatic carbocycles. The molecule has 2 aromatic heterocycles. The average molecular weight is 234 g/mol. The number of rotatable bonds is 4. The molecule has 0 amide bonds.